The summed E-state index contributed by atoms with van der Waals surface area (Å²) >= 11 is 6.12. The maximum Gasteiger partial charge on any atom is 0.230 e. The smallest absolute Gasteiger partial charge is 0.230 e. The molecule has 40 heavy (non-hydrogen) atoms. The Labute approximate surface area is 242 Å². The van der Waals surface area contributed by atoms with Gasteiger partial charge in [-0.3, -0.25) is 19.2 Å². The molecule has 1 aliphatic heterocycles. The minimum absolute atomic E-state index is 0.131. The van der Waals surface area contributed by atoms with Crippen LogP contribution in [0.5, 0.6) is 0 Å². The third-order valence-electron chi connectivity index (χ3n) is 7.99. The van der Waals surface area contributed by atoms with Crippen LogP contribution in [0.3, 0.4) is 0 Å². The Morgan fingerprint density at radius 3 is 2.40 bits per heavy atom. The SMILES string of the molecule is Cc1nn(C)cc1CCC(=O)N1CCCN(Cc2ccc(Cl)cc2)CCCN(C(=O)C2CC2)c2ccccc2C1. The van der Waals surface area contributed by atoms with Crippen LogP contribution in [0.25, 0.3) is 0 Å². The standard InChI is InChI=1S/C32H40ClN5O2/c1-24-27(22-35(2)34-24)13-16-31(39)37-19-5-17-36(21-25-9-14-29(33)15-10-25)18-6-20-38(32(40)26-11-12-26)30-8-4-3-7-28(30)23-37/h3-4,7-10,14-15,22,26H,5-6,11-13,16-21,23H2,1-2H3. The lowest BCUT2D eigenvalue weighted by Crippen LogP contribution is -2.39. The number of aryl methyl sites for hydroxylation is 3. The molecule has 212 valence electrons. The van der Waals surface area contributed by atoms with Crippen LogP contribution in [0.2, 0.25) is 5.02 Å². The highest BCUT2D eigenvalue weighted by molar-refractivity contribution is 6.30. The maximum absolute atomic E-state index is 13.6. The number of amides is 2. The molecule has 0 radical (unpaired) electrons. The number of hydrogen-bond donors (Lipinski definition) is 0. The monoisotopic (exact) mass is 561 g/mol. The summed E-state index contributed by atoms with van der Waals surface area (Å²) in [7, 11) is 1.91. The normalized spacial score (nSPS) is 17.2. The van der Waals surface area contributed by atoms with Gasteiger partial charge in [0, 0.05) is 75.6 Å². The van der Waals surface area contributed by atoms with Gasteiger partial charge in [0.05, 0.1) is 5.69 Å². The Balaban J connectivity index is 1.38. The molecular formula is C32H40ClN5O2. The average molecular weight is 562 g/mol. The van der Waals surface area contributed by atoms with E-state index < -0.39 is 0 Å². The number of halogens is 1. The number of fused-ring (bicyclic) bond motifs is 1. The van der Waals surface area contributed by atoms with E-state index in [1.807, 2.05) is 58.9 Å². The number of aromatic nitrogens is 2. The quantitative estimate of drug-likeness (QED) is 0.405. The number of benzene rings is 2. The number of para-hydroxylation sites is 1. The molecule has 7 nitrogen and oxygen atoms in total. The number of carbonyl (C=O) groups excluding carboxylic acids is 2. The summed E-state index contributed by atoms with van der Waals surface area (Å²) in [5, 5.41) is 5.17. The molecule has 0 N–H and O–H groups in total. The van der Waals surface area contributed by atoms with Crippen molar-refractivity contribution in [3.05, 3.63) is 82.1 Å². The zero-order valence-corrected chi connectivity index (χ0v) is 24.4. The summed E-state index contributed by atoms with van der Waals surface area (Å²) in [4.78, 5) is 33.5. The first kappa shape index (κ1) is 28.4. The van der Waals surface area contributed by atoms with Crippen LogP contribution in [-0.4, -0.2) is 57.6 Å². The number of rotatable bonds is 6. The van der Waals surface area contributed by atoms with Gasteiger partial charge in [0.15, 0.2) is 0 Å². The Morgan fingerprint density at radius 2 is 1.70 bits per heavy atom. The summed E-state index contributed by atoms with van der Waals surface area (Å²) in [6, 6.07) is 16.2. The molecule has 0 spiro atoms. The molecule has 0 bridgehead atoms. The van der Waals surface area contributed by atoms with Gasteiger partial charge in [0.2, 0.25) is 11.8 Å². The van der Waals surface area contributed by atoms with E-state index in [2.05, 4.69) is 34.3 Å². The molecule has 0 atom stereocenters. The van der Waals surface area contributed by atoms with Gasteiger partial charge < -0.3 is 9.80 Å². The lowest BCUT2D eigenvalue weighted by molar-refractivity contribution is -0.131. The molecule has 0 saturated heterocycles. The summed E-state index contributed by atoms with van der Waals surface area (Å²) < 4.78 is 1.81. The number of anilines is 1. The Kier molecular flexibility index (Phi) is 9.22. The molecular weight excluding hydrogens is 522 g/mol. The van der Waals surface area contributed by atoms with Gasteiger partial charge in [-0.15, -0.1) is 0 Å². The highest BCUT2D eigenvalue weighted by Crippen LogP contribution is 2.34. The number of hydrogen-bond acceptors (Lipinski definition) is 4. The third kappa shape index (κ3) is 7.32. The van der Waals surface area contributed by atoms with Crippen molar-refractivity contribution in [2.75, 3.05) is 31.1 Å². The van der Waals surface area contributed by atoms with Gasteiger partial charge in [-0.1, -0.05) is 41.9 Å². The Bertz CT molecular complexity index is 1320. The fourth-order valence-electron chi connectivity index (χ4n) is 5.65. The van der Waals surface area contributed by atoms with E-state index in [1.54, 1.807) is 0 Å². The van der Waals surface area contributed by atoms with Gasteiger partial charge in [-0.25, -0.2) is 0 Å². The van der Waals surface area contributed by atoms with Crippen molar-refractivity contribution in [3.63, 3.8) is 0 Å². The summed E-state index contributed by atoms with van der Waals surface area (Å²) in [5.41, 5.74) is 5.29. The van der Waals surface area contributed by atoms with Crippen molar-refractivity contribution in [1.82, 2.24) is 19.6 Å². The van der Waals surface area contributed by atoms with Crippen molar-refractivity contribution in [1.29, 1.82) is 0 Å². The number of carbonyl (C=O) groups is 2. The second-order valence-corrected chi connectivity index (χ2v) is 11.7. The third-order valence-corrected chi connectivity index (χ3v) is 8.24. The molecule has 2 aromatic carbocycles. The van der Waals surface area contributed by atoms with E-state index in [0.29, 0.717) is 32.5 Å². The molecule has 1 saturated carbocycles. The minimum Gasteiger partial charge on any atom is -0.338 e. The molecule has 1 aromatic heterocycles. The summed E-state index contributed by atoms with van der Waals surface area (Å²) in [6.07, 6.45) is 6.84. The molecule has 3 aromatic rings. The molecule has 8 heteroatoms. The molecule has 1 aliphatic carbocycles. The Morgan fingerprint density at radius 1 is 0.975 bits per heavy atom. The second-order valence-electron chi connectivity index (χ2n) is 11.2. The van der Waals surface area contributed by atoms with Gasteiger partial charge in [-0.05, 0) is 73.9 Å². The van der Waals surface area contributed by atoms with Crippen LogP contribution in [0.15, 0.2) is 54.7 Å². The largest absolute Gasteiger partial charge is 0.338 e. The van der Waals surface area contributed by atoms with Crippen LogP contribution >= 0.6 is 11.6 Å². The second kappa shape index (κ2) is 13.0. The van der Waals surface area contributed by atoms with Crippen LogP contribution in [-0.2, 0) is 36.1 Å². The van der Waals surface area contributed by atoms with Crippen molar-refractivity contribution in [2.45, 2.75) is 58.5 Å². The minimum atomic E-state index is 0.131. The van der Waals surface area contributed by atoms with E-state index in [0.717, 1.165) is 72.8 Å². The summed E-state index contributed by atoms with van der Waals surface area (Å²) in [5.74, 6) is 0.490. The molecule has 1 fully saturated rings. The first-order chi connectivity index (χ1) is 19.4. The summed E-state index contributed by atoms with van der Waals surface area (Å²) in [6.45, 7) is 6.43. The first-order valence-corrected chi connectivity index (χ1v) is 14.9. The zero-order chi connectivity index (χ0) is 28.1. The van der Waals surface area contributed by atoms with Crippen LogP contribution in [0.4, 0.5) is 5.69 Å². The van der Waals surface area contributed by atoms with E-state index in [9.17, 15) is 9.59 Å². The first-order valence-electron chi connectivity index (χ1n) is 14.5. The van der Waals surface area contributed by atoms with Gasteiger partial charge in [0.25, 0.3) is 0 Å². The lowest BCUT2D eigenvalue weighted by Gasteiger charge is -2.32. The molecule has 0 unspecified atom stereocenters. The molecule has 5 rings (SSSR count). The Hall–Kier alpha value is -3.16. The van der Waals surface area contributed by atoms with E-state index in [-0.39, 0.29) is 17.7 Å². The van der Waals surface area contributed by atoms with Gasteiger partial charge >= 0.3 is 0 Å². The van der Waals surface area contributed by atoms with Crippen molar-refractivity contribution >= 4 is 29.1 Å². The van der Waals surface area contributed by atoms with Crippen LogP contribution in [0, 0.1) is 12.8 Å². The van der Waals surface area contributed by atoms with Crippen molar-refractivity contribution in [3.8, 4) is 0 Å². The molecule has 2 heterocycles. The van der Waals surface area contributed by atoms with E-state index in [4.69, 9.17) is 11.6 Å². The highest BCUT2D eigenvalue weighted by Gasteiger charge is 2.35. The van der Waals surface area contributed by atoms with Gasteiger partial charge in [-0.2, -0.15) is 5.10 Å². The van der Waals surface area contributed by atoms with Crippen LogP contribution in [0.1, 0.15) is 54.5 Å². The predicted octanol–water partition coefficient (Wildman–Crippen LogP) is 5.38. The average Bonchev–Trinajstić information content (AvgIpc) is 3.73. The fourth-order valence-corrected chi connectivity index (χ4v) is 5.78. The lowest BCUT2D eigenvalue weighted by atomic mass is 10.1. The number of nitrogens with zero attached hydrogens (tertiary/aromatic N) is 5. The zero-order valence-electron chi connectivity index (χ0n) is 23.7. The topological polar surface area (TPSA) is 61.7 Å². The molecule has 2 amide bonds. The van der Waals surface area contributed by atoms with E-state index in [1.165, 1.54) is 5.56 Å². The van der Waals surface area contributed by atoms with Crippen LogP contribution < -0.4 is 4.90 Å². The molecule has 2 aliphatic rings. The van der Waals surface area contributed by atoms with Crippen molar-refractivity contribution in [2.24, 2.45) is 13.0 Å². The van der Waals surface area contributed by atoms with Gasteiger partial charge in [0.1, 0.15) is 0 Å². The van der Waals surface area contributed by atoms with E-state index >= 15 is 0 Å². The fraction of sp³-hybridized carbons (Fsp3) is 0.469. The predicted molar refractivity (Wildman–Crippen MR) is 159 cm³/mol. The van der Waals surface area contributed by atoms with Crippen molar-refractivity contribution < 1.29 is 9.59 Å². The highest BCUT2D eigenvalue weighted by atomic mass is 35.5. The maximum atomic E-state index is 13.6.